The number of aliphatic carboxylic acids is 1. The van der Waals surface area contributed by atoms with Gasteiger partial charge in [0.15, 0.2) is 0 Å². The van der Waals surface area contributed by atoms with Crippen molar-refractivity contribution in [2.24, 2.45) is 11.8 Å². The number of fused-ring (bicyclic) bond motifs is 1. The normalized spacial score (nSPS) is 21.0. The molecule has 2 aliphatic rings. The van der Waals surface area contributed by atoms with E-state index >= 15 is 0 Å². The molecule has 7 heteroatoms. The summed E-state index contributed by atoms with van der Waals surface area (Å²) in [5.74, 6) is -1.93. The van der Waals surface area contributed by atoms with Gasteiger partial charge in [0.1, 0.15) is 0 Å². The van der Waals surface area contributed by atoms with Gasteiger partial charge in [0.25, 0.3) is 5.91 Å². The molecule has 1 heterocycles. The first kappa shape index (κ1) is 20.8. The lowest BCUT2D eigenvalue weighted by Gasteiger charge is -2.18. The number of rotatable bonds is 8. The molecule has 2 N–H and O–H groups in total. The Kier molecular flexibility index (Phi) is 6.46. The number of carboxylic acid groups (broad SMARTS) is 1. The summed E-state index contributed by atoms with van der Waals surface area (Å²) in [7, 11) is 0. The fraction of sp³-hybridized carbons (Fsp3) is 0.455. The molecule has 1 saturated heterocycles. The van der Waals surface area contributed by atoms with Gasteiger partial charge in [-0.05, 0) is 56.9 Å². The van der Waals surface area contributed by atoms with Crippen LogP contribution in [0.25, 0.3) is 0 Å². The van der Waals surface area contributed by atoms with Gasteiger partial charge in [-0.1, -0.05) is 18.1 Å². The predicted octanol–water partition coefficient (Wildman–Crippen LogP) is 2.91. The number of amides is 3. The van der Waals surface area contributed by atoms with Crippen molar-refractivity contribution in [1.29, 1.82) is 0 Å². The maximum Gasteiger partial charge on any atom is 0.303 e. The average molecular weight is 398 g/mol. The number of nitrogens with one attached hydrogen (secondary N) is 1. The van der Waals surface area contributed by atoms with Crippen molar-refractivity contribution in [3.05, 3.63) is 41.5 Å². The summed E-state index contributed by atoms with van der Waals surface area (Å²) in [6, 6.07) is 6.49. The predicted molar refractivity (Wildman–Crippen MR) is 107 cm³/mol. The molecule has 154 valence electrons. The van der Waals surface area contributed by atoms with Crippen LogP contribution >= 0.6 is 0 Å². The monoisotopic (exact) mass is 398 g/mol. The summed E-state index contributed by atoms with van der Waals surface area (Å²) < 4.78 is 0. The van der Waals surface area contributed by atoms with Crippen LogP contribution in [0.1, 0.15) is 55.8 Å². The maximum absolute atomic E-state index is 12.7. The standard InChI is InChI=1S/C22H26N2O5/c1-14-6-11-17-18(13-14)22(29)24(21(17)28)16-9-7-15(8-10-16)20(27)23-12-4-2-3-5-19(25)26/h6-10,17-18H,2-5,11-13H2,1H3,(H,23,27)(H,25,26)/t17-,18+/m1/s1. The Morgan fingerprint density at radius 2 is 1.76 bits per heavy atom. The van der Waals surface area contributed by atoms with Gasteiger partial charge in [0.2, 0.25) is 11.8 Å². The molecule has 0 bridgehead atoms. The van der Waals surface area contributed by atoms with Crippen LogP contribution in [0, 0.1) is 11.8 Å². The molecule has 1 aromatic rings. The van der Waals surface area contributed by atoms with Crippen molar-refractivity contribution in [2.75, 3.05) is 11.4 Å². The number of anilines is 1. The van der Waals surface area contributed by atoms with Crippen molar-refractivity contribution >= 4 is 29.4 Å². The van der Waals surface area contributed by atoms with Gasteiger partial charge in [0.05, 0.1) is 17.5 Å². The molecule has 7 nitrogen and oxygen atoms in total. The summed E-state index contributed by atoms with van der Waals surface area (Å²) >= 11 is 0. The largest absolute Gasteiger partial charge is 0.481 e. The smallest absolute Gasteiger partial charge is 0.303 e. The molecule has 1 aromatic carbocycles. The molecule has 3 rings (SSSR count). The maximum atomic E-state index is 12.7. The van der Waals surface area contributed by atoms with E-state index in [0.717, 1.165) is 12.0 Å². The zero-order chi connectivity index (χ0) is 21.0. The Hall–Kier alpha value is -2.96. The van der Waals surface area contributed by atoms with E-state index < -0.39 is 5.97 Å². The zero-order valence-electron chi connectivity index (χ0n) is 16.5. The summed E-state index contributed by atoms with van der Waals surface area (Å²) in [6.45, 7) is 2.45. The molecule has 2 atom stereocenters. The third-order valence-electron chi connectivity index (χ3n) is 5.56. The highest BCUT2D eigenvalue weighted by Crippen LogP contribution is 2.39. The number of unbranched alkanes of at least 4 members (excludes halogenated alkanes) is 2. The second-order valence-electron chi connectivity index (χ2n) is 7.72. The summed E-state index contributed by atoms with van der Waals surface area (Å²) in [5, 5.41) is 11.4. The van der Waals surface area contributed by atoms with E-state index in [9.17, 15) is 19.2 Å². The minimum atomic E-state index is -0.810. The lowest BCUT2D eigenvalue weighted by molar-refractivity contribution is -0.137. The quantitative estimate of drug-likeness (QED) is 0.398. The fourth-order valence-corrected chi connectivity index (χ4v) is 3.94. The van der Waals surface area contributed by atoms with Crippen molar-refractivity contribution in [3.63, 3.8) is 0 Å². The molecule has 0 saturated carbocycles. The van der Waals surface area contributed by atoms with Crippen LogP contribution in [0.4, 0.5) is 5.69 Å². The molecule has 29 heavy (non-hydrogen) atoms. The Morgan fingerprint density at radius 3 is 2.45 bits per heavy atom. The van der Waals surface area contributed by atoms with Crippen LogP contribution in [0.2, 0.25) is 0 Å². The number of nitrogens with zero attached hydrogens (tertiary/aromatic N) is 1. The molecule has 0 unspecified atom stereocenters. The van der Waals surface area contributed by atoms with Crippen LogP contribution in [-0.4, -0.2) is 35.3 Å². The first-order chi connectivity index (χ1) is 13.9. The van der Waals surface area contributed by atoms with Crippen LogP contribution in [-0.2, 0) is 14.4 Å². The van der Waals surface area contributed by atoms with Crippen molar-refractivity contribution in [1.82, 2.24) is 5.32 Å². The highest BCUT2D eigenvalue weighted by molar-refractivity contribution is 6.22. The highest BCUT2D eigenvalue weighted by atomic mass is 16.4. The molecule has 0 aromatic heterocycles. The zero-order valence-corrected chi connectivity index (χ0v) is 16.5. The average Bonchev–Trinajstić information content (AvgIpc) is 2.94. The van der Waals surface area contributed by atoms with E-state index in [1.807, 2.05) is 13.0 Å². The fourth-order valence-electron chi connectivity index (χ4n) is 3.94. The molecule has 3 amide bonds. The lowest BCUT2D eigenvalue weighted by atomic mass is 9.82. The van der Waals surface area contributed by atoms with Crippen LogP contribution in [0.5, 0.6) is 0 Å². The van der Waals surface area contributed by atoms with E-state index in [2.05, 4.69) is 5.32 Å². The molecular weight excluding hydrogens is 372 g/mol. The number of benzene rings is 1. The highest BCUT2D eigenvalue weighted by Gasteiger charge is 2.48. The number of imide groups is 1. The van der Waals surface area contributed by atoms with Crippen molar-refractivity contribution in [2.45, 2.75) is 45.4 Å². The van der Waals surface area contributed by atoms with Crippen molar-refractivity contribution < 1.29 is 24.3 Å². The van der Waals surface area contributed by atoms with E-state index in [1.54, 1.807) is 24.3 Å². The van der Waals surface area contributed by atoms with Gasteiger partial charge in [-0.25, -0.2) is 0 Å². The molecule has 0 radical (unpaired) electrons. The van der Waals surface area contributed by atoms with E-state index in [-0.39, 0.29) is 36.0 Å². The van der Waals surface area contributed by atoms with Gasteiger partial charge in [-0.15, -0.1) is 0 Å². The third-order valence-corrected chi connectivity index (χ3v) is 5.56. The molecular formula is C22H26N2O5. The summed E-state index contributed by atoms with van der Waals surface area (Å²) in [4.78, 5) is 49.4. The van der Waals surface area contributed by atoms with E-state index in [4.69, 9.17) is 5.11 Å². The first-order valence-corrected chi connectivity index (χ1v) is 10.0. The minimum Gasteiger partial charge on any atom is -0.481 e. The summed E-state index contributed by atoms with van der Waals surface area (Å²) in [5.41, 5.74) is 2.09. The van der Waals surface area contributed by atoms with Crippen LogP contribution < -0.4 is 10.2 Å². The number of carbonyl (C=O) groups is 4. The molecule has 1 aliphatic heterocycles. The van der Waals surface area contributed by atoms with Crippen LogP contribution in [0.3, 0.4) is 0 Å². The Labute approximate surface area is 169 Å². The Balaban J connectivity index is 1.55. The lowest BCUT2D eigenvalue weighted by Crippen LogP contribution is -2.31. The first-order valence-electron chi connectivity index (χ1n) is 10.0. The van der Waals surface area contributed by atoms with E-state index in [0.29, 0.717) is 43.5 Å². The van der Waals surface area contributed by atoms with Gasteiger partial charge in [-0.3, -0.25) is 24.1 Å². The second kappa shape index (κ2) is 9.03. The van der Waals surface area contributed by atoms with Crippen LogP contribution in [0.15, 0.2) is 35.9 Å². The number of hydrogen-bond acceptors (Lipinski definition) is 4. The topological polar surface area (TPSA) is 104 Å². The second-order valence-corrected chi connectivity index (χ2v) is 7.72. The molecule has 1 fully saturated rings. The SMILES string of the molecule is CC1=CC[C@H]2C(=O)N(c3ccc(C(=O)NCCCCCC(=O)O)cc3)C(=O)[C@H]2C1. The van der Waals surface area contributed by atoms with Gasteiger partial charge in [-0.2, -0.15) is 0 Å². The van der Waals surface area contributed by atoms with Gasteiger partial charge in [0, 0.05) is 18.5 Å². The number of carboxylic acids is 1. The molecule has 0 spiro atoms. The minimum absolute atomic E-state index is 0.140. The van der Waals surface area contributed by atoms with Crippen molar-refractivity contribution in [3.8, 4) is 0 Å². The van der Waals surface area contributed by atoms with E-state index in [1.165, 1.54) is 4.90 Å². The van der Waals surface area contributed by atoms with Gasteiger partial charge >= 0.3 is 5.97 Å². The molecule has 1 aliphatic carbocycles. The Bertz CT molecular complexity index is 843. The number of carbonyl (C=O) groups excluding carboxylic acids is 3. The number of allylic oxidation sites excluding steroid dienone is 2. The Morgan fingerprint density at radius 1 is 1.07 bits per heavy atom. The van der Waals surface area contributed by atoms with Gasteiger partial charge < -0.3 is 10.4 Å². The number of hydrogen-bond donors (Lipinski definition) is 2. The third kappa shape index (κ3) is 4.72. The summed E-state index contributed by atoms with van der Waals surface area (Å²) in [6.07, 6.45) is 5.44.